The van der Waals surface area contributed by atoms with Gasteiger partial charge in [-0.15, -0.1) is 0 Å². The third-order valence-corrected chi connectivity index (χ3v) is 7.46. The van der Waals surface area contributed by atoms with E-state index < -0.39 is 10.0 Å². The maximum atomic E-state index is 12.9. The monoisotopic (exact) mass is 432 g/mol. The molecule has 0 bridgehead atoms. The van der Waals surface area contributed by atoms with Crippen LogP contribution in [0.1, 0.15) is 32.0 Å². The molecule has 0 saturated heterocycles. The summed E-state index contributed by atoms with van der Waals surface area (Å²) < 4.78 is 27.2. The van der Waals surface area contributed by atoms with Crippen LogP contribution in [0.3, 0.4) is 0 Å². The minimum Gasteiger partial charge on any atom is -0.325 e. The molecule has 2 rings (SSSR count). The average molecular weight is 433 g/mol. The van der Waals surface area contributed by atoms with Gasteiger partial charge in [-0.1, -0.05) is 26.0 Å². The Balaban J connectivity index is 2.09. The highest BCUT2D eigenvalue weighted by molar-refractivity contribution is 7.89. The number of hydrogen-bond donors (Lipinski definition) is 1. The first-order chi connectivity index (χ1) is 14.2. The van der Waals surface area contributed by atoms with E-state index in [9.17, 15) is 13.2 Å². The lowest BCUT2D eigenvalue weighted by molar-refractivity contribution is -0.120. The van der Waals surface area contributed by atoms with Gasteiger partial charge in [0.25, 0.3) is 0 Å². The minimum absolute atomic E-state index is 0.187. The fourth-order valence-corrected chi connectivity index (χ4v) is 4.84. The number of aryl methyl sites for hydroxylation is 1. The van der Waals surface area contributed by atoms with Crippen molar-refractivity contribution in [1.82, 2.24) is 14.2 Å². The highest BCUT2D eigenvalue weighted by Crippen LogP contribution is 2.24. The fraction of sp³-hybridized carbons (Fsp3) is 0.455. The van der Waals surface area contributed by atoms with Gasteiger partial charge in [-0.2, -0.15) is 4.31 Å². The van der Waals surface area contributed by atoms with Crippen molar-refractivity contribution in [1.29, 1.82) is 0 Å². The second-order valence-electron chi connectivity index (χ2n) is 7.29. The van der Waals surface area contributed by atoms with Crippen LogP contribution in [-0.2, 0) is 21.2 Å². The number of nitrogens with one attached hydrogen (secondary N) is 1. The van der Waals surface area contributed by atoms with Gasteiger partial charge in [-0.25, -0.2) is 8.42 Å². The summed E-state index contributed by atoms with van der Waals surface area (Å²) in [5.74, 6) is -0.187. The van der Waals surface area contributed by atoms with E-state index in [1.807, 2.05) is 50.9 Å². The second kappa shape index (κ2) is 10.7. The number of sulfonamides is 1. The number of carbonyl (C=O) groups is 1. The lowest BCUT2D eigenvalue weighted by atomic mass is 10.2. The molecule has 1 aromatic carbocycles. The molecule has 0 radical (unpaired) electrons. The van der Waals surface area contributed by atoms with Crippen LogP contribution in [-0.4, -0.2) is 61.2 Å². The molecule has 0 aliphatic rings. The Morgan fingerprint density at radius 1 is 1.17 bits per heavy atom. The van der Waals surface area contributed by atoms with Crippen molar-refractivity contribution >= 4 is 21.6 Å². The van der Waals surface area contributed by atoms with Crippen LogP contribution in [0.4, 0.5) is 5.69 Å². The number of amides is 1. The van der Waals surface area contributed by atoms with Gasteiger partial charge in [0, 0.05) is 43.6 Å². The number of anilines is 1. The molecular formula is C22H32N4O3S. The summed E-state index contributed by atoms with van der Waals surface area (Å²) >= 11 is 0. The Labute approximate surface area is 180 Å². The Morgan fingerprint density at radius 2 is 1.87 bits per heavy atom. The van der Waals surface area contributed by atoms with Gasteiger partial charge in [0.1, 0.15) is 0 Å². The van der Waals surface area contributed by atoms with Crippen LogP contribution in [0.25, 0.3) is 0 Å². The highest BCUT2D eigenvalue weighted by Gasteiger charge is 2.25. The summed E-state index contributed by atoms with van der Waals surface area (Å²) in [6, 6.07) is 10.4. The average Bonchev–Trinajstić information content (AvgIpc) is 2.74. The standard InChI is InChI=1S/C22H32N4O3S/c1-6-26(7-2)30(28,29)21-16-20(12-11-17(21)3)24-22(27)18(4)25(5)15-13-19-10-8-9-14-23-19/h8-12,14,16,18H,6-7,13,15H2,1-5H3,(H,24,27). The third-order valence-electron chi connectivity index (χ3n) is 5.27. The molecule has 1 unspecified atom stereocenters. The third kappa shape index (κ3) is 5.87. The number of likely N-dealkylation sites (N-methyl/N-ethyl adjacent to an activating group) is 1. The lowest BCUT2D eigenvalue weighted by Gasteiger charge is -2.24. The van der Waals surface area contributed by atoms with E-state index >= 15 is 0 Å². The summed E-state index contributed by atoms with van der Waals surface area (Å²) in [5, 5.41) is 2.86. The van der Waals surface area contributed by atoms with Crippen LogP contribution < -0.4 is 5.32 Å². The van der Waals surface area contributed by atoms with E-state index in [0.29, 0.717) is 30.9 Å². The van der Waals surface area contributed by atoms with E-state index in [1.165, 1.54) is 4.31 Å². The molecule has 1 atom stereocenters. The smallest absolute Gasteiger partial charge is 0.243 e. The van der Waals surface area contributed by atoms with Gasteiger partial charge in [0.15, 0.2) is 0 Å². The predicted octanol–water partition coefficient (Wildman–Crippen LogP) is 2.92. The first-order valence-corrected chi connectivity index (χ1v) is 11.7. The van der Waals surface area contributed by atoms with Crippen molar-refractivity contribution in [3.8, 4) is 0 Å². The molecule has 1 amide bonds. The van der Waals surface area contributed by atoms with Crippen LogP contribution in [0, 0.1) is 6.92 Å². The first-order valence-electron chi connectivity index (χ1n) is 10.2. The number of rotatable bonds is 10. The topological polar surface area (TPSA) is 82.6 Å². The molecule has 0 aliphatic heterocycles. The summed E-state index contributed by atoms with van der Waals surface area (Å²) in [5.41, 5.74) is 2.10. The molecule has 0 fully saturated rings. The molecule has 1 aromatic heterocycles. The minimum atomic E-state index is -3.60. The van der Waals surface area contributed by atoms with Crippen molar-refractivity contribution in [3.05, 3.63) is 53.9 Å². The summed E-state index contributed by atoms with van der Waals surface area (Å²) in [6.07, 6.45) is 2.50. The van der Waals surface area contributed by atoms with Gasteiger partial charge in [0.2, 0.25) is 15.9 Å². The van der Waals surface area contributed by atoms with Gasteiger partial charge >= 0.3 is 0 Å². The number of aromatic nitrogens is 1. The first kappa shape index (κ1) is 24.0. The zero-order valence-electron chi connectivity index (χ0n) is 18.4. The Morgan fingerprint density at radius 3 is 2.47 bits per heavy atom. The Hall–Kier alpha value is -2.29. The molecule has 30 heavy (non-hydrogen) atoms. The molecule has 0 saturated carbocycles. The fourth-order valence-electron chi connectivity index (χ4n) is 3.14. The molecule has 164 valence electrons. The normalized spacial score (nSPS) is 12.9. The van der Waals surface area contributed by atoms with Crippen LogP contribution in [0.15, 0.2) is 47.5 Å². The summed E-state index contributed by atoms with van der Waals surface area (Å²) in [6.45, 7) is 8.68. The maximum Gasteiger partial charge on any atom is 0.243 e. The Kier molecular flexibility index (Phi) is 8.52. The van der Waals surface area contributed by atoms with Crippen molar-refractivity contribution in [2.75, 3.05) is 32.0 Å². The molecule has 2 aromatic rings. The molecule has 8 heteroatoms. The number of pyridine rings is 1. The predicted molar refractivity (Wildman–Crippen MR) is 120 cm³/mol. The van der Waals surface area contributed by atoms with Crippen molar-refractivity contribution in [3.63, 3.8) is 0 Å². The largest absolute Gasteiger partial charge is 0.325 e. The van der Waals surface area contributed by atoms with Gasteiger partial charge in [-0.3, -0.25) is 14.7 Å². The number of carbonyl (C=O) groups excluding carboxylic acids is 1. The summed E-state index contributed by atoms with van der Waals surface area (Å²) in [4.78, 5) is 19.2. The van der Waals surface area contributed by atoms with E-state index in [0.717, 1.165) is 12.1 Å². The van der Waals surface area contributed by atoms with Crippen LogP contribution >= 0.6 is 0 Å². The van der Waals surface area contributed by atoms with Gasteiger partial charge in [0.05, 0.1) is 10.9 Å². The van der Waals surface area contributed by atoms with Gasteiger partial charge < -0.3 is 5.32 Å². The number of benzene rings is 1. The molecule has 0 spiro atoms. The van der Waals surface area contributed by atoms with E-state index in [4.69, 9.17) is 0 Å². The van der Waals surface area contributed by atoms with Crippen LogP contribution in [0.2, 0.25) is 0 Å². The molecule has 1 heterocycles. The van der Waals surface area contributed by atoms with E-state index in [1.54, 1.807) is 31.3 Å². The molecule has 7 nitrogen and oxygen atoms in total. The second-order valence-corrected chi connectivity index (χ2v) is 9.19. The molecule has 0 aliphatic carbocycles. The lowest BCUT2D eigenvalue weighted by Crippen LogP contribution is -2.40. The maximum absolute atomic E-state index is 12.9. The molecule has 1 N–H and O–H groups in total. The number of hydrogen-bond acceptors (Lipinski definition) is 5. The van der Waals surface area contributed by atoms with Crippen molar-refractivity contribution in [2.45, 2.75) is 45.1 Å². The molecular weight excluding hydrogens is 400 g/mol. The SMILES string of the molecule is CCN(CC)S(=O)(=O)c1cc(NC(=O)C(C)N(C)CCc2ccccn2)ccc1C. The van der Waals surface area contributed by atoms with Crippen LogP contribution in [0.5, 0.6) is 0 Å². The van der Waals surface area contributed by atoms with E-state index in [2.05, 4.69) is 10.3 Å². The Bertz CT molecular complexity index is 944. The zero-order valence-corrected chi connectivity index (χ0v) is 19.2. The van der Waals surface area contributed by atoms with Gasteiger partial charge in [-0.05, 0) is 50.7 Å². The summed E-state index contributed by atoms with van der Waals surface area (Å²) in [7, 11) is -1.71. The quantitative estimate of drug-likeness (QED) is 0.624. The van der Waals surface area contributed by atoms with Crippen molar-refractivity contribution in [2.24, 2.45) is 0 Å². The van der Waals surface area contributed by atoms with Crippen molar-refractivity contribution < 1.29 is 13.2 Å². The van der Waals surface area contributed by atoms with E-state index in [-0.39, 0.29) is 16.8 Å². The highest BCUT2D eigenvalue weighted by atomic mass is 32.2. The zero-order chi connectivity index (χ0) is 22.3. The number of nitrogens with zero attached hydrogens (tertiary/aromatic N) is 3.